The van der Waals surface area contributed by atoms with Crippen molar-refractivity contribution in [1.29, 1.82) is 0 Å². The third-order valence-electron chi connectivity index (χ3n) is 3.26. The quantitative estimate of drug-likeness (QED) is 0.666. The van der Waals surface area contributed by atoms with Crippen LogP contribution in [0.2, 0.25) is 0 Å². The van der Waals surface area contributed by atoms with E-state index in [1.807, 2.05) is 7.05 Å². The number of carbonyl (C=O) groups is 2. The Bertz CT molecular complexity index is 467. The van der Waals surface area contributed by atoms with Crippen molar-refractivity contribution >= 4 is 17.6 Å². The van der Waals surface area contributed by atoms with Gasteiger partial charge < -0.3 is 15.7 Å². The maximum Gasteiger partial charge on any atom is 0.313 e. The number of hydrogen-bond donors (Lipinski definition) is 3. The molecule has 1 amide bonds. The van der Waals surface area contributed by atoms with E-state index in [9.17, 15) is 9.59 Å². The first-order valence-corrected chi connectivity index (χ1v) is 6.66. The number of nitrogens with one attached hydrogen (secondary N) is 2. The van der Waals surface area contributed by atoms with E-state index in [-0.39, 0.29) is 5.91 Å². The van der Waals surface area contributed by atoms with Crippen molar-refractivity contribution in [3.8, 4) is 0 Å². The first-order valence-electron chi connectivity index (χ1n) is 6.66. The van der Waals surface area contributed by atoms with E-state index in [4.69, 9.17) is 5.11 Å². The van der Waals surface area contributed by atoms with Crippen molar-refractivity contribution in [2.75, 3.05) is 18.9 Å². The van der Waals surface area contributed by atoms with Crippen LogP contribution >= 0.6 is 0 Å². The Kier molecular flexibility index (Phi) is 5.70. The molecule has 0 heterocycles. The van der Waals surface area contributed by atoms with Crippen molar-refractivity contribution in [2.45, 2.75) is 32.1 Å². The maximum atomic E-state index is 11.6. The minimum Gasteiger partial charge on any atom is -0.481 e. The molecule has 5 nitrogen and oxygen atoms in total. The van der Waals surface area contributed by atoms with E-state index in [1.165, 1.54) is 0 Å². The third kappa shape index (κ3) is 4.35. The molecular formula is C15H22N2O3. The van der Waals surface area contributed by atoms with Gasteiger partial charge in [0.05, 0.1) is 5.41 Å². The molecule has 0 radical (unpaired) electrons. The summed E-state index contributed by atoms with van der Waals surface area (Å²) in [6, 6.07) is 6.93. The van der Waals surface area contributed by atoms with Crippen molar-refractivity contribution < 1.29 is 14.7 Å². The lowest BCUT2D eigenvalue weighted by Gasteiger charge is -2.19. The molecule has 3 N–H and O–H groups in total. The monoisotopic (exact) mass is 278 g/mol. The number of carboxylic acids is 1. The highest BCUT2D eigenvalue weighted by atomic mass is 16.4. The second kappa shape index (κ2) is 7.05. The van der Waals surface area contributed by atoms with Gasteiger partial charge in [-0.3, -0.25) is 9.59 Å². The zero-order chi connectivity index (χ0) is 15.2. The molecule has 0 aliphatic rings. The van der Waals surface area contributed by atoms with Gasteiger partial charge in [0.15, 0.2) is 0 Å². The van der Waals surface area contributed by atoms with Crippen molar-refractivity contribution in [2.24, 2.45) is 0 Å². The number of amides is 1. The van der Waals surface area contributed by atoms with Gasteiger partial charge in [-0.2, -0.15) is 0 Å². The molecule has 0 bridgehead atoms. The van der Waals surface area contributed by atoms with E-state index in [2.05, 4.69) is 10.6 Å². The Morgan fingerprint density at radius 2 is 1.80 bits per heavy atom. The molecule has 0 atom stereocenters. The number of benzene rings is 1. The lowest BCUT2D eigenvalue weighted by atomic mass is 9.85. The average molecular weight is 278 g/mol. The standard InChI is InChI=1S/C15H22N2O3/c1-15(2,14(19)20)11-6-8-12(9-7-11)17-13(18)5-4-10-16-3/h6-9,16H,4-5,10H2,1-3H3,(H,17,18)(H,19,20). The van der Waals surface area contributed by atoms with Crippen LogP contribution in [-0.4, -0.2) is 30.6 Å². The molecule has 0 aliphatic carbocycles. The summed E-state index contributed by atoms with van der Waals surface area (Å²) in [6.45, 7) is 4.11. The fourth-order valence-electron chi connectivity index (χ4n) is 1.74. The summed E-state index contributed by atoms with van der Waals surface area (Å²) in [5, 5.41) is 14.9. The Morgan fingerprint density at radius 1 is 1.20 bits per heavy atom. The van der Waals surface area contributed by atoms with Crippen LogP contribution in [0.1, 0.15) is 32.3 Å². The summed E-state index contributed by atoms with van der Waals surface area (Å²) in [5.74, 6) is -0.910. The van der Waals surface area contributed by atoms with Gasteiger partial charge in [-0.25, -0.2) is 0 Å². The van der Waals surface area contributed by atoms with E-state index in [1.54, 1.807) is 38.1 Å². The average Bonchev–Trinajstić information content (AvgIpc) is 2.39. The lowest BCUT2D eigenvalue weighted by Crippen LogP contribution is -2.28. The summed E-state index contributed by atoms with van der Waals surface area (Å²) in [6.07, 6.45) is 1.25. The number of rotatable bonds is 7. The van der Waals surface area contributed by atoms with Crippen LogP contribution in [0.25, 0.3) is 0 Å². The molecule has 20 heavy (non-hydrogen) atoms. The van der Waals surface area contributed by atoms with Gasteiger partial charge in [0.2, 0.25) is 5.91 Å². The molecule has 1 aromatic rings. The molecule has 5 heteroatoms. The highest BCUT2D eigenvalue weighted by molar-refractivity contribution is 5.90. The molecule has 110 valence electrons. The van der Waals surface area contributed by atoms with Crippen LogP contribution in [0.3, 0.4) is 0 Å². The van der Waals surface area contributed by atoms with E-state index in [0.29, 0.717) is 17.7 Å². The highest BCUT2D eigenvalue weighted by Gasteiger charge is 2.29. The molecule has 1 rings (SSSR count). The normalized spacial score (nSPS) is 11.2. The molecule has 1 aromatic carbocycles. The Hall–Kier alpha value is -1.88. The predicted molar refractivity (Wildman–Crippen MR) is 78.9 cm³/mol. The number of carboxylic acid groups (broad SMARTS) is 1. The molecular weight excluding hydrogens is 256 g/mol. The fourth-order valence-corrected chi connectivity index (χ4v) is 1.74. The number of aliphatic carboxylic acids is 1. The minimum atomic E-state index is -0.935. The predicted octanol–water partition coefficient (Wildman–Crippen LogP) is 1.99. The summed E-state index contributed by atoms with van der Waals surface area (Å²) < 4.78 is 0. The van der Waals surface area contributed by atoms with Gasteiger partial charge in [-0.05, 0) is 51.6 Å². The van der Waals surface area contributed by atoms with Gasteiger partial charge in [-0.15, -0.1) is 0 Å². The topological polar surface area (TPSA) is 78.4 Å². The second-order valence-electron chi connectivity index (χ2n) is 5.26. The molecule has 0 aliphatic heterocycles. The molecule has 0 spiro atoms. The highest BCUT2D eigenvalue weighted by Crippen LogP contribution is 2.24. The van der Waals surface area contributed by atoms with Gasteiger partial charge >= 0.3 is 5.97 Å². The van der Waals surface area contributed by atoms with Crippen molar-refractivity contribution in [3.05, 3.63) is 29.8 Å². The zero-order valence-corrected chi connectivity index (χ0v) is 12.2. The van der Waals surface area contributed by atoms with Crippen LogP contribution in [-0.2, 0) is 15.0 Å². The van der Waals surface area contributed by atoms with Crippen LogP contribution < -0.4 is 10.6 Å². The van der Waals surface area contributed by atoms with E-state index in [0.717, 1.165) is 13.0 Å². The lowest BCUT2D eigenvalue weighted by molar-refractivity contribution is -0.142. The summed E-state index contributed by atoms with van der Waals surface area (Å²) >= 11 is 0. The van der Waals surface area contributed by atoms with Gasteiger partial charge in [-0.1, -0.05) is 12.1 Å². The Balaban J connectivity index is 2.63. The molecule has 0 saturated carbocycles. The fraction of sp³-hybridized carbons (Fsp3) is 0.467. The van der Waals surface area contributed by atoms with Crippen molar-refractivity contribution in [3.63, 3.8) is 0 Å². The number of hydrogen-bond acceptors (Lipinski definition) is 3. The summed E-state index contributed by atoms with van der Waals surface area (Å²) in [5.41, 5.74) is 0.456. The Labute approximate surface area is 119 Å². The first kappa shape index (κ1) is 16.2. The number of anilines is 1. The Morgan fingerprint density at radius 3 is 2.30 bits per heavy atom. The zero-order valence-electron chi connectivity index (χ0n) is 12.2. The smallest absolute Gasteiger partial charge is 0.313 e. The first-order chi connectivity index (χ1) is 9.37. The van der Waals surface area contributed by atoms with Gasteiger partial charge in [0.1, 0.15) is 0 Å². The molecule has 0 unspecified atom stereocenters. The van der Waals surface area contributed by atoms with E-state index < -0.39 is 11.4 Å². The summed E-state index contributed by atoms with van der Waals surface area (Å²) in [7, 11) is 1.85. The summed E-state index contributed by atoms with van der Waals surface area (Å²) in [4.78, 5) is 22.8. The van der Waals surface area contributed by atoms with Crippen LogP contribution in [0.5, 0.6) is 0 Å². The molecule has 0 saturated heterocycles. The van der Waals surface area contributed by atoms with Crippen LogP contribution in [0.15, 0.2) is 24.3 Å². The SMILES string of the molecule is CNCCCC(=O)Nc1ccc(C(C)(C)C(=O)O)cc1. The van der Waals surface area contributed by atoms with Crippen LogP contribution in [0, 0.1) is 0 Å². The number of carbonyl (C=O) groups excluding carboxylic acids is 1. The minimum absolute atomic E-state index is 0.0366. The van der Waals surface area contributed by atoms with Crippen LogP contribution in [0.4, 0.5) is 5.69 Å². The van der Waals surface area contributed by atoms with Crippen molar-refractivity contribution in [1.82, 2.24) is 5.32 Å². The largest absolute Gasteiger partial charge is 0.481 e. The molecule has 0 fully saturated rings. The van der Waals surface area contributed by atoms with E-state index >= 15 is 0 Å². The second-order valence-corrected chi connectivity index (χ2v) is 5.26. The third-order valence-corrected chi connectivity index (χ3v) is 3.26. The molecule has 0 aromatic heterocycles. The van der Waals surface area contributed by atoms with Gasteiger partial charge in [0, 0.05) is 12.1 Å². The maximum absolute atomic E-state index is 11.6. The van der Waals surface area contributed by atoms with Gasteiger partial charge in [0.25, 0.3) is 0 Å².